The van der Waals surface area contributed by atoms with Crippen molar-refractivity contribution in [2.24, 2.45) is 11.7 Å². The molecule has 3 nitrogen and oxygen atoms in total. The Bertz CT molecular complexity index is 355. The normalized spacial score (nSPS) is 27.4. The maximum absolute atomic E-state index is 6.34. The Hall–Kier alpha value is -0.800. The van der Waals surface area contributed by atoms with Crippen molar-refractivity contribution < 1.29 is 4.42 Å². The van der Waals surface area contributed by atoms with Crippen molar-refractivity contribution in [2.45, 2.75) is 64.1 Å². The molecule has 19 heavy (non-hydrogen) atoms. The fourth-order valence-corrected chi connectivity index (χ4v) is 3.27. The van der Waals surface area contributed by atoms with Gasteiger partial charge in [0.2, 0.25) is 0 Å². The summed E-state index contributed by atoms with van der Waals surface area (Å²) in [5.74, 6) is 1.89. The summed E-state index contributed by atoms with van der Waals surface area (Å²) in [4.78, 5) is 2.46. The van der Waals surface area contributed by atoms with Gasteiger partial charge in [-0.05, 0) is 57.2 Å². The van der Waals surface area contributed by atoms with Crippen LogP contribution in [0.4, 0.5) is 0 Å². The molecular formula is C16H28N2O. The minimum Gasteiger partial charge on any atom is -0.468 e. The summed E-state index contributed by atoms with van der Waals surface area (Å²) in [7, 11) is 2.21. The summed E-state index contributed by atoms with van der Waals surface area (Å²) in [6, 6.07) is 5.00. The van der Waals surface area contributed by atoms with Crippen molar-refractivity contribution in [1.29, 1.82) is 0 Å². The highest BCUT2D eigenvalue weighted by atomic mass is 16.3. The first kappa shape index (κ1) is 14.6. The van der Waals surface area contributed by atoms with Crippen LogP contribution in [0.1, 0.15) is 57.8 Å². The molecule has 0 aliphatic heterocycles. The van der Waals surface area contributed by atoms with E-state index in [1.54, 1.807) is 6.26 Å². The average molecular weight is 264 g/mol. The Morgan fingerprint density at radius 3 is 2.58 bits per heavy atom. The lowest BCUT2D eigenvalue weighted by Gasteiger charge is -2.39. The van der Waals surface area contributed by atoms with E-state index in [-0.39, 0.29) is 12.1 Å². The second-order valence-electron chi connectivity index (χ2n) is 6.11. The van der Waals surface area contributed by atoms with Gasteiger partial charge in [-0.3, -0.25) is 4.90 Å². The minimum atomic E-state index is 0.135. The molecule has 1 aliphatic carbocycles. The third-order valence-corrected chi connectivity index (χ3v) is 4.71. The van der Waals surface area contributed by atoms with E-state index in [1.165, 1.54) is 25.7 Å². The first-order chi connectivity index (χ1) is 9.13. The number of hydrogen-bond acceptors (Lipinski definition) is 3. The predicted octanol–water partition coefficient (Wildman–Crippen LogP) is 3.57. The molecule has 1 fully saturated rings. The lowest BCUT2D eigenvalue weighted by molar-refractivity contribution is 0.0938. The largest absolute Gasteiger partial charge is 0.468 e. The van der Waals surface area contributed by atoms with Crippen molar-refractivity contribution in [3.05, 3.63) is 24.2 Å². The van der Waals surface area contributed by atoms with E-state index in [4.69, 9.17) is 10.2 Å². The minimum absolute atomic E-state index is 0.135. The van der Waals surface area contributed by atoms with Crippen molar-refractivity contribution in [3.8, 4) is 0 Å². The molecule has 0 aromatic carbocycles. The zero-order valence-electron chi connectivity index (χ0n) is 12.5. The van der Waals surface area contributed by atoms with Crippen molar-refractivity contribution in [3.63, 3.8) is 0 Å². The van der Waals surface area contributed by atoms with Gasteiger partial charge in [0.25, 0.3) is 0 Å². The number of nitrogens with two attached hydrogens (primary N) is 1. The molecule has 1 aromatic rings. The van der Waals surface area contributed by atoms with Crippen LogP contribution in [0.2, 0.25) is 0 Å². The van der Waals surface area contributed by atoms with Crippen LogP contribution in [0.25, 0.3) is 0 Å². The molecule has 2 N–H and O–H groups in total. The maximum atomic E-state index is 6.34. The van der Waals surface area contributed by atoms with Gasteiger partial charge in [0, 0.05) is 12.1 Å². The molecule has 2 rings (SSSR count). The molecule has 0 saturated heterocycles. The lowest BCUT2D eigenvalue weighted by Crippen LogP contribution is -2.45. The second kappa shape index (κ2) is 6.58. The number of likely N-dealkylation sites (N-methyl/N-ethyl adjacent to an activating group) is 1. The van der Waals surface area contributed by atoms with Crippen molar-refractivity contribution >= 4 is 0 Å². The van der Waals surface area contributed by atoms with Gasteiger partial charge in [0.05, 0.1) is 12.3 Å². The van der Waals surface area contributed by atoms with Gasteiger partial charge < -0.3 is 10.2 Å². The van der Waals surface area contributed by atoms with Crippen LogP contribution < -0.4 is 5.73 Å². The summed E-state index contributed by atoms with van der Waals surface area (Å²) < 4.78 is 5.63. The van der Waals surface area contributed by atoms with Gasteiger partial charge in [0.15, 0.2) is 0 Å². The van der Waals surface area contributed by atoms with E-state index in [0.29, 0.717) is 6.04 Å². The standard InChI is InChI=1S/C16H28N2O/c1-4-14(17)16(15-6-5-11-19-15)18(3)13-9-7-12(2)8-10-13/h5-6,11-14,16H,4,7-10,17H2,1-3H3. The summed E-state index contributed by atoms with van der Waals surface area (Å²) in [5, 5.41) is 0. The zero-order chi connectivity index (χ0) is 13.8. The number of rotatable bonds is 5. The molecule has 3 heteroatoms. The van der Waals surface area contributed by atoms with Gasteiger partial charge >= 0.3 is 0 Å². The Labute approximate surface area is 117 Å². The molecule has 0 radical (unpaired) electrons. The van der Waals surface area contributed by atoms with Crippen LogP contribution in [0, 0.1) is 5.92 Å². The molecule has 108 valence electrons. The van der Waals surface area contributed by atoms with Crippen LogP contribution in [0.3, 0.4) is 0 Å². The van der Waals surface area contributed by atoms with Crippen LogP contribution >= 0.6 is 0 Å². The molecule has 1 aromatic heterocycles. The van der Waals surface area contributed by atoms with Crippen LogP contribution in [-0.4, -0.2) is 24.0 Å². The van der Waals surface area contributed by atoms with Crippen molar-refractivity contribution in [1.82, 2.24) is 4.90 Å². The SMILES string of the molecule is CCC(N)C(c1ccco1)N(C)C1CCC(C)CC1. The molecule has 0 spiro atoms. The highest BCUT2D eigenvalue weighted by molar-refractivity contribution is 5.08. The number of hydrogen-bond donors (Lipinski definition) is 1. The molecule has 1 saturated carbocycles. The third-order valence-electron chi connectivity index (χ3n) is 4.71. The molecule has 2 atom stereocenters. The Balaban J connectivity index is 2.09. The lowest BCUT2D eigenvalue weighted by atomic mass is 9.85. The smallest absolute Gasteiger partial charge is 0.122 e. The second-order valence-corrected chi connectivity index (χ2v) is 6.11. The van der Waals surface area contributed by atoms with Crippen LogP contribution in [0.15, 0.2) is 22.8 Å². The summed E-state index contributed by atoms with van der Waals surface area (Å²) in [6.45, 7) is 4.51. The quantitative estimate of drug-likeness (QED) is 0.884. The highest BCUT2D eigenvalue weighted by Crippen LogP contribution is 2.33. The average Bonchev–Trinajstić information content (AvgIpc) is 2.93. The van der Waals surface area contributed by atoms with E-state index in [2.05, 4.69) is 31.9 Å². The van der Waals surface area contributed by atoms with E-state index in [1.807, 2.05) is 6.07 Å². The topological polar surface area (TPSA) is 42.4 Å². The highest BCUT2D eigenvalue weighted by Gasteiger charge is 2.31. The van der Waals surface area contributed by atoms with Crippen LogP contribution in [0.5, 0.6) is 0 Å². The van der Waals surface area contributed by atoms with Crippen molar-refractivity contribution in [2.75, 3.05) is 7.05 Å². The summed E-state index contributed by atoms with van der Waals surface area (Å²) in [6.07, 6.45) is 7.96. The van der Waals surface area contributed by atoms with Gasteiger partial charge in [-0.25, -0.2) is 0 Å². The third kappa shape index (κ3) is 3.40. The van der Waals surface area contributed by atoms with Crippen LogP contribution in [-0.2, 0) is 0 Å². The molecule has 2 unspecified atom stereocenters. The fourth-order valence-electron chi connectivity index (χ4n) is 3.27. The molecule has 0 bridgehead atoms. The number of nitrogens with zero attached hydrogens (tertiary/aromatic N) is 1. The Kier molecular flexibility index (Phi) is 5.06. The summed E-state index contributed by atoms with van der Waals surface area (Å²) >= 11 is 0. The monoisotopic (exact) mass is 264 g/mol. The molecule has 1 aliphatic rings. The number of furan rings is 1. The molecule has 0 amide bonds. The van der Waals surface area contributed by atoms with E-state index >= 15 is 0 Å². The Morgan fingerprint density at radius 2 is 2.05 bits per heavy atom. The summed E-state index contributed by atoms with van der Waals surface area (Å²) in [5.41, 5.74) is 6.34. The Morgan fingerprint density at radius 1 is 1.37 bits per heavy atom. The van der Waals surface area contributed by atoms with Gasteiger partial charge in [-0.2, -0.15) is 0 Å². The maximum Gasteiger partial charge on any atom is 0.122 e. The first-order valence-corrected chi connectivity index (χ1v) is 7.64. The van der Waals surface area contributed by atoms with E-state index in [9.17, 15) is 0 Å². The van der Waals surface area contributed by atoms with Gasteiger partial charge in [-0.15, -0.1) is 0 Å². The van der Waals surface area contributed by atoms with E-state index < -0.39 is 0 Å². The van der Waals surface area contributed by atoms with Gasteiger partial charge in [-0.1, -0.05) is 13.8 Å². The first-order valence-electron chi connectivity index (χ1n) is 7.64. The predicted molar refractivity (Wildman–Crippen MR) is 78.9 cm³/mol. The van der Waals surface area contributed by atoms with Gasteiger partial charge in [0.1, 0.15) is 5.76 Å². The molecule has 1 heterocycles. The van der Waals surface area contributed by atoms with E-state index in [0.717, 1.165) is 18.1 Å². The zero-order valence-corrected chi connectivity index (χ0v) is 12.5. The molecular weight excluding hydrogens is 236 g/mol. The fraction of sp³-hybridized carbons (Fsp3) is 0.750.